The van der Waals surface area contributed by atoms with Crippen LogP contribution in [0.5, 0.6) is 0 Å². The van der Waals surface area contributed by atoms with E-state index in [9.17, 15) is 9.59 Å². The summed E-state index contributed by atoms with van der Waals surface area (Å²) in [5.41, 5.74) is 6.35. The minimum Gasteiger partial charge on any atom is -0.325 e. The van der Waals surface area contributed by atoms with Crippen molar-refractivity contribution in [1.29, 1.82) is 0 Å². The minimum absolute atomic E-state index is 0.0140. The number of benzene rings is 2. The van der Waals surface area contributed by atoms with Crippen LogP contribution < -0.4 is 10.2 Å². The van der Waals surface area contributed by atoms with E-state index < -0.39 is 0 Å². The molecule has 1 heterocycles. The lowest BCUT2D eigenvalue weighted by molar-refractivity contribution is -0.122. The number of hydrogen-bond acceptors (Lipinski definition) is 2. The van der Waals surface area contributed by atoms with Gasteiger partial charge in [-0.15, -0.1) is 0 Å². The molecule has 2 aromatic rings. The van der Waals surface area contributed by atoms with Gasteiger partial charge in [0.25, 0.3) is 0 Å². The Morgan fingerprint density at radius 2 is 1.59 bits per heavy atom. The Morgan fingerprint density at radius 1 is 1.00 bits per heavy atom. The fourth-order valence-corrected chi connectivity index (χ4v) is 4.06. The third-order valence-electron chi connectivity index (χ3n) is 5.98. The van der Waals surface area contributed by atoms with Gasteiger partial charge in [-0.3, -0.25) is 9.59 Å². The number of nitrogens with one attached hydrogen (secondary N) is 1. The summed E-state index contributed by atoms with van der Waals surface area (Å²) in [5, 5.41) is 3.18. The summed E-state index contributed by atoms with van der Waals surface area (Å²) in [6.07, 6.45) is 0.250. The molecule has 154 valence electrons. The molecular weight excluding hydrogens is 360 g/mol. The van der Waals surface area contributed by atoms with Gasteiger partial charge in [-0.2, -0.15) is 0 Å². The number of amides is 2. The summed E-state index contributed by atoms with van der Waals surface area (Å²) in [6.45, 7) is 13.0. The summed E-state index contributed by atoms with van der Waals surface area (Å²) in [7, 11) is 0. The molecule has 2 amide bonds. The summed E-state index contributed by atoms with van der Waals surface area (Å²) >= 11 is 0. The molecule has 1 aliphatic heterocycles. The molecule has 4 nitrogen and oxygen atoms in total. The number of aryl methyl sites for hydroxylation is 1. The molecule has 0 spiro atoms. The van der Waals surface area contributed by atoms with Gasteiger partial charge in [-0.25, -0.2) is 0 Å². The third-order valence-corrected chi connectivity index (χ3v) is 5.98. The zero-order valence-electron chi connectivity index (χ0n) is 18.4. The Bertz CT molecular complexity index is 904. The van der Waals surface area contributed by atoms with Crippen LogP contribution in [0.25, 0.3) is 0 Å². The van der Waals surface area contributed by atoms with Gasteiger partial charge in [-0.05, 0) is 54.0 Å². The van der Waals surface area contributed by atoms with Crippen LogP contribution in [0.15, 0.2) is 36.4 Å². The first-order valence-electron chi connectivity index (χ1n) is 10.5. The zero-order valence-corrected chi connectivity index (χ0v) is 18.4. The van der Waals surface area contributed by atoms with Gasteiger partial charge in [-0.1, -0.05) is 58.0 Å². The van der Waals surface area contributed by atoms with Crippen molar-refractivity contribution in [2.75, 3.05) is 16.8 Å². The number of rotatable bonds is 5. The third kappa shape index (κ3) is 4.21. The average Bonchev–Trinajstić information content (AvgIpc) is 3.05. The maximum Gasteiger partial charge on any atom is 0.229 e. The molecule has 0 saturated carbocycles. The molecular formula is C25H32N2O2. The van der Waals surface area contributed by atoms with E-state index in [2.05, 4.69) is 51.2 Å². The Balaban J connectivity index is 1.84. The highest BCUT2D eigenvalue weighted by atomic mass is 16.2. The van der Waals surface area contributed by atoms with E-state index in [-0.39, 0.29) is 24.2 Å². The number of hydrogen-bond donors (Lipinski definition) is 1. The lowest BCUT2D eigenvalue weighted by Gasteiger charge is -2.22. The molecule has 1 N–H and O–H groups in total. The van der Waals surface area contributed by atoms with E-state index in [1.165, 1.54) is 0 Å². The van der Waals surface area contributed by atoms with Crippen molar-refractivity contribution in [2.24, 2.45) is 5.92 Å². The molecule has 4 heteroatoms. The Kier molecular flexibility index (Phi) is 6.11. The van der Waals surface area contributed by atoms with Crippen LogP contribution in [0.3, 0.4) is 0 Å². The van der Waals surface area contributed by atoms with Gasteiger partial charge in [0.05, 0.1) is 5.92 Å². The van der Waals surface area contributed by atoms with Crippen LogP contribution in [0, 0.1) is 19.8 Å². The van der Waals surface area contributed by atoms with Crippen LogP contribution in [0.1, 0.15) is 68.2 Å². The van der Waals surface area contributed by atoms with Crippen molar-refractivity contribution in [2.45, 2.75) is 59.8 Å². The van der Waals surface area contributed by atoms with Crippen molar-refractivity contribution in [3.63, 3.8) is 0 Å². The predicted molar refractivity (Wildman–Crippen MR) is 120 cm³/mol. The van der Waals surface area contributed by atoms with Crippen molar-refractivity contribution in [1.82, 2.24) is 0 Å². The van der Waals surface area contributed by atoms with Gasteiger partial charge in [0.15, 0.2) is 0 Å². The average molecular weight is 393 g/mol. The number of nitrogens with zero attached hydrogens (tertiary/aromatic N) is 1. The standard InChI is InChI=1S/C25H32N2O2/c1-15(2)20-10-8-11-21(16(3)4)24(20)26-25(29)19-13-23(28)27(14-19)22-12-7-9-17(5)18(22)6/h7-12,15-16,19H,13-14H2,1-6H3,(H,26,29)/t19-/m1/s1. The second-order valence-electron chi connectivity index (χ2n) is 8.73. The lowest BCUT2D eigenvalue weighted by atomic mass is 9.92. The van der Waals surface area contributed by atoms with Gasteiger partial charge in [0, 0.05) is 24.3 Å². The Labute approximate surface area is 174 Å². The number of carbonyl (C=O) groups excluding carboxylic acids is 2. The summed E-state index contributed by atoms with van der Waals surface area (Å²) in [6, 6.07) is 12.2. The molecule has 1 aliphatic rings. The number of anilines is 2. The quantitative estimate of drug-likeness (QED) is 0.726. The largest absolute Gasteiger partial charge is 0.325 e. The molecule has 0 aromatic heterocycles. The van der Waals surface area contributed by atoms with E-state index >= 15 is 0 Å². The highest BCUT2D eigenvalue weighted by Gasteiger charge is 2.36. The predicted octanol–water partition coefficient (Wildman–Crippen LogP) is 5.54. The Hall–Kier alpha value is -2.62. The SMILES string of the molecule is Cc1cccc(N2C[C@H](C(=O)Nc3c(C(C)C)cccc3C(C)C)CC2=O)c1C. The maximum absolute atomic E-state index is 13.1. The molecule has 1 atom stereocenters. The van der Waals surface area contributed by atoms with E-state index in [1.807, 2.05) is 32.0 Å². The van der Waals surface area contributed by atoms with Gasteiger partial charge >= 0.3 is 0 Å². The first-order valence-corrected chi connectivity index (χ1v) is 10.5. The van der Waals surface area contributed by atoms with E-state index in [4.69, 9.17) is 0 Å². The molecule has 0 aliphatic carbocycles. The highest BCUT2D eigenvalue weighted by Crippen LogP contribution is 2.34. The van der Waals surface area contributed by atoms with E-state index in [0.29, 0.717) is 18.4 Å². The molecule has 3 rings (SSSR count). The van der Waals surface area contributed by atoms with Crippen molar-refractivity contribution in [3.8, 4) is 0 Å². The first kappa shape index (κ1) is 21.1. The number of para-hydroxylation sites is 1. The normalized spacial score (nSPS) is 16.8. The lowest BCUT2D eigenvalue weighted by Crippen LogP contribution is -2.29. The zero-order chi connectivity index (χ0) is 21.3. The van der Waals surface area contributed by atoms with Crippen LogP contribution in [-0.2, 0) is 9.59 Å². The smallest absolute Gasteiger partial charge is 0.229 e. The monoisotopic (exact) mass is 392 g/mol. The van der Waals surface area contributed by atoms with E-state index in [0.717, 1.165) is 33.6 Å². The molecule has 29 heavy (non-hydrogen) atoms. The molecule has 1 fully saturated rings. The maximum atomic E-state index is 13.1. The highest BCUT2D eigenvalue weighted by molar-refractivity contribution is 6.04. The molecule has 0 unspecified atom stereocenters. The van der Waals surface area contributed by atoms with Gasteiger partial charge in [0.1, 0.15) is 0 Å². The van der Waals surface area contributed by atoms with Crippen molar-refractivity contribution >= 4 is 23.2 Å². The fraction of sp³-hybridized carbons (Fsp3) is 0.440. The molecule has 2 aromatic carbocycles. The summed E-state index contributed by atoms with van der Waals surface area (Å²) in [5.74, 6) is 0.213. The number of carbonyl (C=O) groups is 2. The van der Waals surface area contributed by atoms with Crippen molar-refractivity contribution < 1.29 is 9.59 Å². The minimum atomic E-state index is -0.345. The summed E-state index contributed by atoms with van der Waals surface area (Å²) in [4.78, 5) is 27.6. The Morgan fingerprint density at radius 3 is 2.17 bits per heavy atom. The second kappa shape index (κ2) is 8.40. The van der Waals surface area contributed by atoms with Crippen LogP contribution in [-0.4, -0.2) is 18.4 Å². The topological polar surface area (TPSA) is 49.4 Å². The van der Waals surface area contributed by atoms with Crippen LogP contribution >= 0.6 is 0 Å². The molecule has 0 bridgehead atoms. The second-order valence-corrected chi connectivity index (χ2v) is 8.73. The first-order chi connectivity index (χ1) is 13.7. The van der Waals surface area contributed by atoms with E-state index in [1.54, 1.807) is 4.90 Å². The van der Waals surface area contributed by atoms with Gasteiger partial charge in [0.2, 0.25) is 11.8 Å². The summed E-state index contributed by atoms with van der Waals surface area (Å²) < 4.78 is 0. The fourth-order valence-electron chi connectivity index (χ4n) is 4.06. The molecule has 0 radical (unpaired) electrons. The van der Waals surface area contributed by atoms with Gasteiger partial charge < -0.3 is 10.2 Å². The van der Waals surface area contributed by atoms with Crippen LogP contribution in [0.4, 0.5) is 11.4 Å². The van der Waals surface area contributed by atoms with Crippen molar-refractivity contribution in [3.05, 3.63) is 58.7 Å². The molecule has 1 saturated heterocycles. The van der Waals surface area contributed by atoms with Crippen LogP contribution in [0.2, 0.25) is 0 Å².